The fourth-order valence-corrected chi connectivity index (χ4v) is 2.65. The van der Waals surface area contributed by atoms with Crippen LogP contribution in [0.3, 0.4) is 0 Å². The minimum Gasteiger partial charge on any atom is -0.469 e. The van der Waals surface area contributed by atoms with Crippen LogP contribution in [0.2, 0.25) is 0 Å². The maximum Gasteiger partial charge on any atom is 0.135 e. The van der Waals surface area contributed by atoms with Crippen molar-refractivity contribution in [3.8, 4) is 0 Å². The van der Waals surface area contributed by atoms with Crippen molar-refractivity contribution >= 4 is 5.78 Å². The van der Waals surface area contributed by atoms with E-state index in [1.165, 1.54) is 0 Å². The normalized spacial score (nSPS) is 23.9. The second kappa shape index (κ2) is 5.50. The Morgan fingerprint density at radius 2 is 2.41 bits per heavy atom. The number of piperidine rings is 1. The van der Waals surface area contributed by atoms with E-state index in [0.29, 0.717) is 24.3 Å². The van der Waals surface area contributed by atoms with Crippen molar-refractivity contribution in [2.75, 3.05) is 6.54 Å². The van der Waals surface area contributed by atoms with E-state index >= 15 is 0 Å². The van der Waals surface area contributed by atoms with Crippen LogP contribution in [-0.4, -0.2) is 29.3 Å². The number of likely N-dealkylation sites (tertiary alicyclic amines) is 1. The molecule has 0 bridgehead atoms. The number of carbonyl (C=O) groups is 1. The lowest BCUT2D eigenvalue weighted by atomic mass is 9.98. The molecule has 0 amide bonds. The highest BCUT2D eigenvalue weighted by atomic mass is 16.3. The fraction of sp³-hybridized carbons (Fsp3) is 0.643. The summed E-state index contributed by atoms with van der Waals surface area (Å²) in [5.74, 6) is 1.46. The predicted octanol–water partition coefficient (Wildman–Crippen LogP) is 2.65. The Labute approximate surface area is 103 Å². The third kappa shape index (κ3) is 3.19. The molecular weight excluding hydrogens is 214 g/mol. The van der Waals surface area contributed by atoms with E-state index in [2.05, 4.69) is 18.7 Å². The number of carbonyl (C=O) groups excluding carboxylic acids is 1. The summed E-state index contributed by atoms with van der Waals surface area (Å²) in [6.45, 7) is 5.31. The van der Waals surface area contributed by atoms with Crippen molar-refractivity contribution in [1.82, 2.24) is 4.90 Å². The van der Waals surface area contributed by atoms with Gasteiger partial charge in [-0.3, -0.25) is 9.69 Å². The molecule has 3 nitrogen and oxygen atoms in total. The van der Waals surface area contributed by atoms with Crippen LogP contribution in [0.5, 0.6) is 0 Å². The molecular formula is C14H21NO2. The van der Waals surface area contributed by atoms with Gasteiger partial charge in [0.2, 0.25) is 0 Å². The van der Waals surface area contributed by atoms with E-state index in [9.17, 15) is 4.79 Å². The Morgan fingerprint density at radius 1 is 1.59 bits per heavy atom. The van der Waals surface area contributed by atoms with Crippen LogP contribution in [0.4, 0.5) is 0 Å². The average Bonchev–Trinajstić information content (AvgIpc) is 2.78. The number of rotatable bonds is 4. The number of furan rings is 1. The minimum atomic E-state index is 0.392. The molecule has 0 aliphatic carbocycles. The predicted molar refractivity (Wildman–Crippen MR) is 66.9 cm³/mol. The van der Waals surface area contributed by atoms with Gasteiger partial charge in [0.25, 0.3) is 0 Å². The lowest BCUT2D eigenvalue weighted by molar-refractivity contribution is -0.123. The largest absolute Gasteiger partial charge is 0.469 e. The van der Waals surface area contributed by atoms with Gasteiger partial charge < -0.3 is 4.42 Å². The highest BCUT2D eigenvalue weighted by Gasteiger charge is 2.26. The Kier molecular flexibility index (Phi) is 4.00. The number of nitrogens with zero attached hydrogens (tertiary/aromatic N) is 1. The Bertz CT molecular complexity index is 358. The molecule has 0 saturated carbocycles. The maximum atomic E-state index is 11.3. The summed E-state index contributed by atoms with van der Waals surface area (Å²) in [5.41, 5.74) is 0. The second-order valence-electron chi connectivity index (χ2n) is 5.05. The topological polar surface area (TPSA) is 33.5 Å². The standard InChI is InChI=1S/C14H21NO2/c1-11(5-6-14-4-3-9-17-14)15-8-7-13(16)10-12(15)2/h3-4,9,11-12H,5-8,10H2,1-2H3. The number of Topliss-reactive ketones (excluding diaryl/α,β-unsaturated/α-hetero) is 1. The molecule has 0 aromatic carbocycles. The van der Waals surface area contributed by atoms with Gasteiger partial charge >= 0.3 is 0 Å². The van der Waals surface area contributed by atoms with Gasteiger partial charge in [-0.15, -0.1) is 0 Å². The van der Waals surface area contributed by atoms with Gasteiger partial charge in [0, 0.05) is 37.9 Å². The Balaban J connectivity index is 1.83. The number of ketones is 1. The zero-order chi connectivity index (χ0) is 12.3. The second-order valence-corrected chi connectivity index (χ2v) is 5.05. The van der Waals surface area contributed by atoms with Crippen molar-refractivity contribution in [1.29, 1.82) is 0 Å². The van der Waals surface area contributed by atoms with Crippen molar-refractivity contribution in [2.24, 2.45) is 0 Å². The van der Waals surface area contributed by atoms with Crippen molar-refractivity contribution in [3.63, 3.8) is 0 Å². The van der Waals surface area contributed by atoms with Crippen molar-refractivity contribution in [2.45, 2.75) is 51.6 Å². The van der Waals surface area contributed by atoms with Crippen LogP contribution >= 0.6 is 0 Å². The highest BCUT2D eigenvalue weighted by Crippen LogP contribution is 2.19. The monoisotopic (exact) mass is 235 g/mol. The van der Waals surface area contributed by atoms with E-state index < -0.39 is 0 Å². The zero-order valence-corrected chi connectivity index (χ0v) is 10.7. The van der Waals surface area contributed by atoms with E-state index in [-0.39, 0.29) is 0 Å². The molecule has 0 spiro atoms. The summed E-state index contributed by atoms with van der Waals surface area (Å²) in [6, 6.07) is 4.86. The maximum absolute atomic E-state index is 11.3. The molecule has 1 aromatic rings. The number of aryl methyl sites for hydroxylation is 1. The summed E-state index contributed by atoms with van der Waals surface area (Å²) in [7, 11) is 0. The van der Waals surface area contributed by atoms with E-state index in [4.69, 9.17) is 4.42 Å². The first-order valence-electron chi connectivity index (χ1n) is 6.46. The van der Waals surface area contributed by atoms with Crippen LogP contribution in [0.15, 0.2) is 22.8 Å². The summed E-state index contributed by atoms with van der Waals surface area (Å²) in [6.07, 6.45) is 5.22. The van der Waals surface area contributed by atoms with Crippen LogP contribution in [0, 0.1) is 0 Å². The lowest BCUT2D eigenvalue weighted by Gasteiger charge is -2.37. The highest BCUT2D eigenvalue weighted by molar-refractivity contribution is 5.79. The molecule has 1 fully saturated rings. The number of hydrogen-bond donors (Lipinski definition) is 0. The van der Waals surface area contributed by atoms with Crippen LogP contribution < -0.4 is 0 Å². The van der Waals surface area contributed by atoms with Gasteiger partial charge in [-0.1, -0.05) is 0 Å². The lowest BCUT2D eigenvalue weighted by Crippen LogP contribution is -2.46. The van der Waals surface area contributed by atoms with Gasteiger partial charge in [-0.25, -0.2) is 0 Å². The summed E-state index contributed by atoms with van der Waals surface area (Å²) in [5, 5.41) is 0. The van der Waals surface area contributed by atoms with E-state index in [1.54, 1.807) is 6.26 Å². The molecule has 2 heterocycles. The third-order valence-electron chi connectivity index (χ3n) is 3.69. The number of hydrogen-bond acceptors (Lipinski definition) is 3. The SMILES string of the molecule is CC(CCc1ccco1)N1CCC(=O)CC1C. The van der Waals surface area contributed by atoms with Gasteiger partial charge in [-0.2, -0.15) is 0 Å². The average molecular weight is 235 g/mol. The van der Waals surface area contributed by atoms with Crippen LogP contribution in [0.25, 0.3) is 0 Å². The van der Waals surface area contributed by atoms with Gasteiger partial charge in [0.15, 0.2) is 0 Å². The first-order valence-corrected chi connectivity index (χ1v) is 6.46. The van der Waals surface area contributed by atoms with Crippen LogP contribution in [0.1, 0.15) is 38.9 Å². The molecule has 17 heavy (non-hydrogen) atoms. The van der Waals surface area contributed by atoms with Crippen molar-refractivity contribution in [3.05, 3.63) is 24.2 Å². The molecule has 2 rings (SSSR count). The molecule has 2 atom stereocenters. The first-order chi connectivity index (χ1) is 8.16. The summed E-state index contributed by atoms with van der Waals surface area (Å²) in [4.78, 5) is 13.8. The Morgan fingerprint density at radius 3 is 3.06 bits per heavy atom. The van der Waals surface area contributed by atoms with E-state index in [1.807, 2.05) is 12.1 Å². The van der Waals surface area contributed by atoms with Gasteiger partial charge in [-0.05, 0) is 32.4 Å². The molecule has 94 valence electrons. The quantitative estimate of drug-likeness (QED) is 0.804. The molecule has 1 aromatic heterocycles. The Hall–Kier alpha value is -1.09. The third-order valence-corrected chi connectivity index (χ3v) is 3.69. The van der Waals surface area contributed by atoms with E-state index in [0.717, 1.165) is 31.6 Å². The molecule has 1 aliphatic heterocycles. The smallest absolute Gasteiger partial charge is 0.135 e. The molecule has 0 radical (unpaired) electrons. The molecule has 1 aliphatic rings. The van der Waals surface area contributed by atoms with Gasteiger partial charge in [0.05, 0.1) is 6.26 Å². The molecule has 1 saturated heterocycles. The molecule has 0 N–H and O–H groups in total. The minimum absolute atomic E-state index is 0.392. The summed E-state index contributed by atoms with van der Waals surface area (Å²) >= 11 is 0. The zero-order valence-electron chi connectivity index (χ0n) is 10.7. The van der Waals surface area contributed by atoms with Crippen molar-refractivity contribution < 1.29 is 9.21 Å². The molecule has 3 heteroatoms. The summed E-state index contributed by atoms with van der Waals surface area (Å²) < 4.78 is 5.34. The van der Waals surface area contributed by atoms with Gasteiger partial charge in [0.1, 0.15) is 11.5 Å². The first kappa shape index (κ1) is 12.4. The molecule has 2 unspecified atom stereocenters. The fourth-order valence-electron chi connectivity index (χ4n) is 2.65. The van der Waals surface area contributed by atoms with Crippen LogP contribution in [-0.2, 0) is 11.2 Å².